The maximum Gasteiger partial charge on any atom is 0.353 e. The average molecular weight is 508 g/mol. The topological polar surface area (TPSA) is 145 Å². The van der Waals surface area contributed by atoms with E-state index < -0.39 is 5.97 Å². The lowest BCUT2D eigenvalue weighted by Crippen LogP contribution is -2.62. The molecule has 4 aliphatic heterocycles. The van der Waals surface area contributed by atoms with E-state index in [0.29, 0.717) is 37.4 Å². The molecule has 5 N–H and O–H groups in total. The minimum atomic E-state index is -1.10. The summed E-state index contributed by atoms with van der Waals surface area (Å²) < 4.78 is 0. The van der Waals surface area contributed by atoms with Crippen molar-refractivity contribution in [2.24, 2.45) is 23.5 Å². The molecule has 0 aliphatic carbocycles. The van der Waals surface area contributed by atoms with Gasteiger partial charge in [0.1, 0.15) is 11.5 Å². The molecule has 11 heteroatoms. The molecule has 1 unspecified atom stereocenters. The number of Topliss-reactive ketones (excluding diaryl/α,β-unsaturated/α-hetero) is 1. The first-order valence-electron chi connectivity index (χ1n) is 12.5. The van der Waals surface area contributed by atoms with Crippen molar-refractivity contribution in [2.45, 2.75) is 69.5 Å². The van der Waals surface area contributed by atoms with Gasteiger partial charge >= 0.3 is 5.97 Å². The fraction of sp³-hybridized carbons (Fsp3) is 0.750. The number of amides is 2. The van der Waals surface area contributed by atoms with Crippen molar-refractivity contribution in [1.82, 2.24) is 20.4 Å². The van der Waals surface area contributed by atoms with Crippen LogP contribution in [0.4, 0.5) is 0 Å². The van der Waals surface area contributed by atoms with Crippen molar-refractivity contribution in [1.29, 1.82) is 0 Å². The number of ketones is 1. The first-order chi connectivity index (χ1) is 16.5. The van der Waals surface area contributed by atoms with Crippen molar-refractivity contribution >= 4 is 35.3 Å². The summed E-state index contributed by atoms with van der Waals surface area (Å²) in [5, 5.41) is 16.4. The highest BCUT2D eigenvalue weighted by molar-refractivity contribution is 8.03. The molecule has 4 heterocycles. The Morgan fingerprint density at radius 1 is 1.31 bits per heavy atom. The molecule has 3 saturated heterocycles. The van der Waals surface area contributed by atoms with Gasteiger partial charge in [-0.15, -0.1) is 11.8 Å². The lowest BCUT2D eigenvalue weighted by molar-refractivity contribution is -0.160. The van der Waals surface area contributed by atoms with Gasteiger partial charge in [-0.05, 0) is 32.7 Å². The summed E-state index contributed by atoms with van der Waals surface area (Å²) >= 11 is 1.48. The third kappa shape index (κ3) is 4.75. The molecule has 0 aromatic heterocycles. The third-order valence-corrected chi connectivity index (χ3v) is 9.38. The fourth-order valence-electron chi connectivity index (χ4n) is 6.36. The molecule has 0 aromatic rings. The van der Waals surface area contributed by atoms with Crippen molar-refractivity contribution in [3.8, 4) is 0 Å². The highest BCUT2D eigenvalue weighted by Crippen LogP contribution is 2.53. The number of carbonyl (C=O) groups is 4. The number of aliphatic carboxylic acids is 1. The number of hydrogen-bond donors (Lipinski definition) is 4. The number of fused-ring (bicyclic) bond motifs is 1. The molecule has 3 fully saturated rings. The quantitative estimate of drug-likeness (QED) is 0.317. The van der Waals surface area contributed by atoms with E-state index in [4.69, 9.17) is 5.73 Å². The molecule has 10 nitrogen and oxygen atoms in total. The SMILES string of the molecule is CNC[C@@H]1C[C@H](N)CN1C(=O)[C@@H]1CC(SC2=C(C(=O)O)N3C(=O)[C@H]([C@@H](C)CC(C)=O)[C@H]3[C@H]2C)CN1. The monoisotopic (exact) mass is 507 g/mol. The molecule has 0 radical (unpaired) electrons. The average Bonchev–Trinajstić information content (AvgIpc) is 3.44. The summed E-state index contributed by atoms with van der Waals surface area (Å²) in [6, 6.07) is -0.502. The van der Waals surface area contributed by atoms with Gasteiger partial charge in [-0.3, -0.25) is 9.59 Å². The Bertz CT molecular complexity index is 941. The highest BCUT2D eigenvalue weighted by atomic mass is 32.2. The number of β-lactam (4-membered cyclic amide) rings is 1. The Morgan fingerprint density at radius 3 is 2.66 bits per heavy atom. The van der Waals surface area contributed by atoms with E-state index >= 15 is 0 Å². The van der Waals surface area contributed by atoms with Gasteiger partial charge in [0.2, 0.25) is 11.8 Å². The van der Waals surface area contributed by atoms with Crippen molar-refractivity contribution < 1.29 is 24.3 Å². The Labute approximate surface area is 210 Å². The van der Waals surface area contributed by atoms with Gasteiger partial charge in [0.05, 0.1) is 18.0 Å². The smallest absolute Gasteiger partial charge is 0.353 e. The number of likely N-dealkylation sites (tertiary alicyclic amines) is 1. The minimum Gasteiger partial charge on any atom is -0.477 e. The van der Waals surface area contributed by atoms with Crippen molar-refractivity contribution in [2.75, 3.05) is 26.7 Å². The van der Waals surface area contributed by atoms with Crippen LogP contribution in [0, 0.1) is 17.8 Å². The van der Waals surface area contributed by atoms with Crippen LogP contribution in [0.1, 0.15) is 40.0 Å². The summed E-state index contributed by atoms with van der Waals surface area (Å²) in [6.07, 6.45) is 1.68. The maximum atomic E-state index is 13.2. The molecular formula is C24H37N5O5S. The zero-order valence-electron chi connectivity index (χ0n) is 20.8. The number of carboxylic acids is 1. The van der Waals surface area contributed by atoms with Gasteiger partial charge in [-0.2, -0.15) is 0 Å². The van der Waals surface area contributed by atoms with E-state index in [0.717, 1.165) is 6.42 Å². The Balaban J connectivity index is 1.44. The lowest BCUT2D eigenvalue weighted by atomic mass is 9.73. The van der Waals surface area contributed by atoms with Crippen LogP contribution in [0.5, 0.6) is 0 Å². The predicted molar refractivity (Wildman–Crippen MR) is 132 cm³/mol. The number of rotatable bonds is 9. The predicted octanol–water partition coefficient (Wildman–Crippen LogP) is -0.0142. The molecule has 0 spiro atoms. The van der Waals surface area contributed by atoms with Crippen LogP contribution in [0.2, 0.25) is 0 Å². The molecule has 35 heavy (non-hydrogen) atoms. The third-order valence-electron chi connectivity index (χ3n) is 7.87. The van der Waals surface area contributed by atoms with E-state index in [1.807, 2.05) is 25.8 Å². The second kappa shape index (κ2) is 10.2. The normalized spacial score (nSPS) is 35.3. The van der Waals surface area contributed by atoms with E-state index in [2.05, 4.69) is 10.6 Å². The number of nitrogens with zero attached hydrogens (tertiary/aromatic N) is 2. The second-order valence-corrected chi connectivity index (χ2v) is 11.9. The largest absolute Gasteiger partial charge is 0.477 e. The lowest BCUT2D eigenvalue weighted by Gasteiger charge is -2.47. The number of carbonyl (C=O) groups excluding carboxylic acids is 3. The standard InChI is InChI=1S/C24H37N5O5S/c1-11(5-12(2)30)18-19-13(3)21(20(24(33)34)29(19)23(18)32)35-16-7-17(27-9-16)22(31)28-10-14(25)6-15(28)8-26-4/h11,13-19,26-27H,5-10,25H2,1-4H3,(H,33,34)/t11-,13+,14-,15-,16?,17-,18+,19+/m0/s1. The number of hydrogen-bond acceptors (Lipinski definition) is 8. The van der Waals surface area contributed by atoms with Crippen LogP contribution in [-0.4, -0.2) is 94.6 Å². The van der Waals surface area contributed by atoms with Crippen molar-refractivity contribution in [3.05, 3.63) is 10.6 Å². The zero-order valence-corrected chi connectivity index (χ0v) is 21.6. The first kappa shape index (κ1) is 26.1. The van der Waals surface area contributed by atoms with Gasteiger partial charge in [0, 0.05) is 54.2 Å². The van der Waals surface area contributed by atoms with Crippen LogP contribution in [-0.2, 0) is 19.2 Å². The molecule has 2 amide bonds. The summed E-state index contributed by atoms with van der Waals surface area (Å²) in [5.74, 6) is -1.84. The number of nitrogens with two attached hydrogens (primary N) is 1. The Kier molecular flexibility index (Phi) is 7.61. The van der Waals surface area contributed by atoms with Crippen LogP contribution < -0.4 is 16.4 Å². The van der Waals surface area contributed by atoms with Gasteiger partial charge < -0.3 is 36.1 Å². The summed E-state index contributed by atoms with van der Waals surface area (Å²) in [5.41, 5.74) is 6.19. The van der Waals surface area contributed by atoms with E-state index in [1.54, 1.807) is 0 Å². The first-order valence-corrected chi connectivity index (χ1v) is 13.3. The van der Waals surface area contributed by atoms with Gasteiger partial charge in [0.25, 0.3) is 0 Å². The second-order valence-electron chi connectivity index (χ2n) is 10.5. The number of nitrogens with one attached hydrogen (secondary N) is 2. The molecule has 0 aromatic carbocycles. The van der Waals surface area contributed by atoms with Crippen LogP contribution in [0.15, 0.2) is 10.6 Å². The molecule has 194 valence electrons. The number of likely N-dealkylation sites (N-methyl/N-ethyl adjacent to an activating group) is 1. The number of carboxylic acid groups (broad SMARTS) is 1. The number of thioether (sulfide) groups is 1. The molecule has 8 atom stereocenters. The van der Waals surface area contributed by atoms with E-state index in [-0.39, 0.29) is 70.5 Å². The van der Waals surface area contributed by atoms with E-state index in [9.17, 15) is 24.3 Å². The van der Waals surface area contributed by atoms with E-state index in [1.165, 1.54) is 23.6 Å². The van der Waals surface area contributed by atoms with Crippen LogP contribution >= 0.6 is 11.8 Å². The Morgan fingerprint density at radius 2 is 2.03 bits per heavy atom. The fourth-order valence-corrected chi connectivity index (χ4v) is 7.84. The van der Waals surface area contributed by atoms with Gasteiger partial charge in [0.15, 0.2) is 0 Å². The molecule has 4 rings (SSSR count). The van der Waals surface area contributed by atoms with Crippen LogP contribution in [0.3, 0.4) is 0 Å². The molecule has 0 saturated carbocycles. The van der Waals surface area contributed by atoms with Gasteiger partial charge in [-0.25, -0.2) is 4.79 Å². The molecular weight excluding hydrogens is 470 g/mol. The minimum absolute atomic E-state index is 0.0214. The maximum absolute atomic E-state index is 13.2. The van der Waals surface area contributed by atoms with Crippen LogP contribution in [0.25, 0.3) is 0 Å². The summed E-state index contributed by atoms with van der Waals surface area (Å²) in [7, 11) is 1.86. The zero-order chi connectivity index (χ0) is 25.6. The van der Waals surface area contributed by atoms with Gasteiger partial charge in [-0.1, -0.05) is 13.8 Å². The highest BCUT2D eigenvalue weighted by Gasteiger charge is 2.60. The summed E-state index contributed by atoms with van der Waals surface area (Å²) in [6.45, 7) is 7.20. The van der Waals surface area contributed by atoms with Crippen molar-refractivity contribution in [3.63, 3.8) is 0 Å². The summed E-state index contributed by atoms with van der Waals surface area (Å²) in [4.78, 5) is 54.0. The molecule has 0 bridgehead atoms. The Hall–Kier alpha value is -1.95. The molecule has 4 aliphatic rings.